The van der Waals surface area contributed by atoms with Gasteiger partial charge in [-0.1, -0.05) is 44.9 Å². The van der Waals surface area contributed by atoms with Gasteiger partial charge in [-0.15, -0.1) is 0 Å². The fourth-order valence-electron chi connectivity index (χ4n) is 1.60. The molecule has 0 spiro atoms. The molecule has 0 aliphatic carbocycles. The van der Waals surface area contributed by atoms with Crippen molar-refractivity contribution < 1.29 is 14.9 Å². The van der Waals surface area contributed by atoms with E-state index in [1.165, 1.54) is 32.1 Å². The van der Waals surface area contributed by atoms with Crippen LogP contribution in [0.3, 0.4) is 0 Å². The van der Waals surface area contributed by atoms with Crippen molar-refractivity contribution in [1.29, 1.82) is 0 Å². The van der Waals surface area contributed by atoms with Crippen molar-refractivity contribution in [2.45, 2.75) is 57.8 Å². The minimum atomic E-state index is -1.66. The topological polar surface area (TPSA) is 60.7 Å². The molecule has 0 rings (SSSR count). The molecule has 0 amide bonds. The molecule has 0 fully saturated rings. The highest BCUT2D eigenvalue weighted by molar-refractivity contribution is 7.45. The molecule has 0 atom stereocenters. The Morgan fingerprint density at radius 3 is 1.40 bits per heavy atom. The first-order chi connectivity index (χ1) is 7.27. The molecule has 0 aromatic rings. The van der Waals surface area contributed by atoms with Crippen molar-refractivity contribution in [3.63, 3.8) is 0 Å². The van der Waals surface area contributed by atoms with Gasteiger partial charge in [-0.05, 0) is 12.8 Å². The molecule has 92 valence electrons. The van der Waals surface area contributed by atoms with Gasteiger partial charge in [0.05, 0.1) is 0 Å². The van der Waals surface area contributed by atoms with Crippen LogP contribution in [0.25, 0.3) is 0 Å². The highest BCUT2D eigenvalue weighted by atomic mass is 31.2. The van der Waals surface area contributed by atoms with Crippen LogP contribution >= 0.6 is 8.38 Å². The number of aliphatic hydroxyl groups is 1. The summed E-state index contributed by atoms with van der Waals surface area (Å²) >= 11 is 0. The number of rotatable bonds is 11. The van der Waals surface area contributed by atoms with Gasteiger partial charge in [0.2, 0.25) is 0 Å². The second-order valence-corrected chi connectivity index (χ2v) is 5.19. The SMILES string of the molecule is OCCCCCCCCCCCP(O)O. The Kier molecular flexibility index (Phi) is 12.6. The summed E-state index contributed by atoms with van der Waals surface area (Å²) in [5, 5.41) is 8.57. The number of hydrogen-bond donors (Lipinski definition) is 3. The molecule has 3 nitrogen and oxygen atoms in total. The summed E-state index contributed by atoms with van der Waals surface area (Å²) < 4.78 is 0. The number of hydrogen-bond acceptors (Lipinski definition) is 3. The second-order valence-electron chi connectivity index (χ2n) is 4.00. The van der Waals surface area contributed by atoms with Gasteiger partial charge in [0.15, 0.2) is 8.38 Å². The van der Waals surface area contributed by atoms with E-state index in [1.54, 1.807) is 0 Å². The first kappa shape index (κ1) is 15.3. The van der Waals surface area contributed by atoms with E-state index in [-0.39, 0.29) is 0 Å². The molecule has 0 aliphatic rings. The van der Waals surface area contributed by atoms with Crippen molar-refractivity contribution in [2.75, 3.05) is 12.8 Å². The van der Waals surface area contributed by atoms with Crippen molar-refractivity contribution in [2.24, 2.45) is 0 Å². The van der Waals surface area contributed by atoms with Crippen LogP contribution in [0, 0.1) is 0 Å². The third-order valence-electron chi connectivity index (χ3n) is 2.52. The van der Waals surface area contributed by atoms with Crippen LogP contribution in [0.15, 0.2) is 0 Å². The third-order valence-corrected chi connectivity index (χ3v) is 3.23. The van der Waals surface area contributed by atoms with Gasteiger partial charge in [0.1, 0.15) is 0 Å². The average Bonchev–Trinajstić information content (AvgIpc) is 2.20. The van der Waals surface area contributed by atoms with Crippen LogP contribution in [0.4, 0.5) is 0 Å². The first-order valence-electron chi connectivity index (χ1n) is 6.03. The first-order valence-corrected chi connectivity index (χ1v) is 7.46. The monoisotopic (exact) mass is 236 g/mol. The van der Waals surface area contributed by atoms with E-state index in [2.05, 4.69) is 0 Å². The molecule has 0 aromatic carbocycles. The smallest absolute Gasteiger partial charge is 0.164 e. The zero-order valence-corrected chi connectivity index (χ0v) is 10.5. The van der Waals surface area contributed by atoms with E-state index >= 15 is 0 Å². The fourth-order valence-corrected chi connectivity index (χ4v) is 2.11. The van der Waals surface area contributed by atoms with Gasteiger partial charge in [0, 0.05) is 12.8 Å². The van der Waals surface area contributed by atoms with Gasteiger partial charge in [-0.25, -0.2) is 0 Å². The maximum absolute atomic E-state index is 8.68. The Morgan fingerprint density at radius 2 is 1.00 bits per heavy atom. The summed E-state index contributed by atoms with van der Waals surface area (Å²) in [5.41, 5.74) is 0. The zero-order chi connectivity index (χ0) is 11.4. The molecule has 0 aliphatic heterocycles. The zero-order valence-electron chi connectivity index (χ0n) is 9.57. The van der Waals surface area contributed by atoms with E-state index in [0.717, 1.165) is 25.7 Å². The molecule has 0 saturated carbocycles. The maximum Gasteiger partial charge on any atom is 0.164 e. The Labute approximate surface area is 94.4 Å². The van der Waals surface area contributed by atoms with Crippen molar-refractivity contribution >= 4 is 8.38 Å². The van der Waals surface area contributed by atoms with Gasteiger partial charge >= 0.3 is 0 Å². The Balaban J connectivity index is 2.87. The summed E-state index contributed by atoms with van der Waals surface area (Å²) in [7, 11) is -1.66. The summed E-state index contributed by atoms with van der Waals surface area (Å²) in [4.78, 5) is 17.4. The van der Waals surface area contributed by atoms with Crippen LogP contribution in [0.5, 0.6) is 0 Å². The molecule has 0 bridgehead atoms. The quantitative estimate of drug-likeness (QED) is 0.382. The lowest BCUT2D eigenvalue weighted by atomic mass is 10.1. The molecule has 3 N–H and O–H groups in total. The fraction of sp³-hybridized carbons (Fsp3) is 1.00. The van der Waals surface area contributed by atoms with Crippen LogP contribution < -0.4 is 0 Å². The van der Waals surface area contributed by atoms with E-state index in [9.17, 15) is 0 Å². The van der Waals surface area contributed by atoms with E-state index in [4.69, 9.17) is 14.9 Å². The molecule has 0 aromatic heterocycles. The third kappa shape index (κ3) is 14.3. The summed E-state index contributed by atoms with van der Waals surface area (Å²) in [6, 6.07) is 0. The average molecular weight is 236 g/mol. The normalized spacial score (nSPS) is 11.2. The summed E-state index contributed by atoms with van der Waals surface area (Å²) in [6.07, 6.45) is 11.0. The highest BCUT2D eigenvalue weighted by Crippen LogP contribution is 2.24. The minimum Gasteiger partial charge on any atom is -0.396 e. The predicted octanol–water partition coefficient (Wildman–Crippen LogP) is 2.79. The molecule has 0 unspecified atom stereocenters. The van der Waals surface area contributed by atoms with Crippen molar-refractivity contribution in [3.05, 3.63) is 0 Å². The van der Waals surface area contributed by atoms with Crippen LogP contribution in [-0.2, 0) is 0 Å². The molecule has 0 saturated heterocycles. The van der Waals surface area contributed by atoms with Gasteiger partial charge in [0.25, 0.3) is 0 Å². The minimum absolute atomic E-state index is 0.325. The van der Waals surface area contributed by atoms with Crippen LogP contribution in [0.1, 0.15) is 57.8 Å². The molecule has 4 heteroatoms. The van der Waals surface area contributed by atoms with Crippen LogP contribution in [0.2, 0.25) is 0 Å². The number of aliphatic hydroxyl groups excluding tert-OH is 1. The number of unbranched alkanes of at least 4 members (excludes halogenated alkanes) is 8. The van der Waals surface area contributed by atoms with Crippen molar-refractivity contribution in [3.8, 4) is 0 Å². The Morgan fingerprint density at radius 1 is 0.600 bits per heavy atom. The lowest BCUT2D eigenvalue weighted by molar-refractivity contribution is 0.282. The lowest BCUT2D eigenvalue weighted by Gasteiger charge is -2.03. The Bertz CT molecular complexity index is 120. The highest BCUT2D eigenvalue weighted by Gasteiger charge is 1.97. The van der Waals surface area contributed by atoms with Gasteiger partial charge < -0.3 is 14.9 Å². The van der Waals surface area contributed by atoms with E-state index < -0.39 is 8.38 Å². The van der Waals surface area contributed by atoms with E-state index in [1.807, 2.05) is 0 Å². The Hall–Kier alpha value is 0.310. The molecule has 15 heavy (non-hydrogen) atoms. The molecule has 0 heterocycles. The second kappa shape index (κ2) is 12.4. The summed E-state index contributed by atoms with van der Waals surface area (Å²) in [5.74, 6) is 0. The maximum atomic E-state index is 8.68. The largest absolute Gasteiger partial charge is 0.396 e. The standard InChI is InChI=1S/C11H25O3P/c12-10-8-6-4-2-1-3-5-7-9-11-15(13)14/h12-14H,1-11H2. The van der Waals surface area contributed by atoms with Gasteiger partial charge in [-0.2, -0.15) is 0 Å². The van der Waals surface area contributed by atoms with Crippen LogP contribution in [-0.4, -0.2) is 27.7 Å². The van der Waals surface area contributed by atoms with E-state index in [0.29, 0.717) is 12.8 Å². The summed E-state index contributed by atoms with van der Waals surface area (Å²) in [6.45, 7) is 0.325. The molecule has 0 radical (unpaired) electrons. The predicted molar refractivity (Wildman–Crippen MR) is 64.9 cm³/mol. The van der Waals surface area contributed by atoms with Crippen molar-refractivity contribution in [1.82, 2.24) is 0 Å². The van der Waals surface area contributed by atoms with Gasteiger partial charge in [-0.3, -0.25) is 0 Å². The molecular formula is C11H25O3P. The molecular weight excluding hydrogens is 211 g/mol. The lowest BCUT2D eigenvalue weighted by Crippen LogP contribution is -1.86.